The van der Waals surface area contributed by atoms with E-state index >= 15 is 0 Å². The molecule has 0 spiro atoms. The number of hydrogen-bond acceptors (Lipinski definition) is 2. The molecule has 0 N–H and O–H groups in total. The van der Waals surface area contributed by atoms with Crippen molar-refractivity contribution in [3.63, 3.8) is 0 Å². The summed E-state index contributed by atoms with van der Waals surface area (Å²) in [5.74, 6) is 1.26. The molecule has 0 fully saturated rings. The average Bonchev–Trinajstić information content (AvgIpc) is 1.83. The van der Waals surface area contributed by atoms with Crippen LogP contribution in [0.15, 0.2) is 0 Å². The van der Waals surface area contributed by atoms with Gasteiger partial charge in [0, 0.05) is 13.1 Å². The number of rotatable bonds is 4. The Morgan fingerprint density at radius 3 is 1.62 bits per heavy atom. The fourth-order valence-electron chi connectivity index (χ4n) is 1.11. The summed E-state index contributed by atoms with van der Waals surface area (Å²) < 4.78 is 0.609. The third-order valence-corrected chi connectivity index (χ3v) is 1.95. The van der Waals surface area contributed by atoms with E-state index in [4.69, 9.17) is 24.8 Å². The predicted molar refractivity (Wildman–Crippen MR) is 61.2 cm³/mol. The van der Waals surface area contributed by atoms with Crippen LogP contribution in [0.5, 0.6) is 0 Å². The molecule has 0 saturated carbocycles. The normalized spacial score (nSPS) is 10.0. The molecule has 0 rings (SSSR count). The molecule has 0 aromatic carbocycles. The Labute approximate surface area is 142 Å². The van der Waals surface area contributed by atoms with Crippen LogP contribution in [0, 0.1) is 11.8 Å². The summed E-state index contributed by atoms with van der Waals surface area (Å²) in [5, 5.41) is 0. The molecule has 0 saturated heterocycles. The van der Waals surface area contributed by atoms with E-state index in [0.717, 1.165) is 13.1 Å². The summed E-state index contributed by atoms with van der Waals surface area (Å²) in [6, 6.07) is 0. The van der Waals surface area contributed by atoms with Gasteiger partial charge in [-0.3, -0.25) is 0 Å². The first-order chi connectivity index (χ1) is 5.43. The van der Waals surface area contributed by atoms with Gasteiger partial charge in [0.15, 0.2) is 0 Å². The van der Waals surface area contributed by atoms with Crippen molar-refractivity contribution in [2.24, 2.45) is 11.8 Å². The minimum absolute atomic E-state index is 0. The van der Waals surface area contributed by atoms with Gasteiger partial charge in [-0.25, -0.2) is 0 Å². The van der Waals surface area contributed by atoms with Crippen LogP contribution in [0.25, 0.3) is 0 Å². The molecule has 0 aromatic heterocycles. The van der Waals surface area contributed by atoms with Crippen LogP contribution in [-0.2, 0) is 12.6 Å². The van der Waals surface area contributed by atoms with E-state index in [2.05, 4.69) is 32.6 Å². The molecular weight excluding hydrogens is 272 g/mol. The zero-order valence-electron chi connectivity index (χ0n) is 9.33. The first-order valence-corrected chi connectivity index (χ1v) is 5.21. The molecule has 0 amide bonds. The zero-order chi connectivity index (χ0) is 9.72. The van der Waals surface area contributed by atoms with E-state index in [1.54, 1.807) is 0 Å². The quantitative estimate of drug-likeness (QED) is 0.504. The first kappa shape index (κ1) is 17.3. The van der Waals surface area contributed by atoms with E-state index in [0.29, 0.717) is 16.2 Å². The fourth-order valence-corrected chi connectivity index (χ4v) is 1.40. The second-order valence-corrected chi connectivity index (χ2v) is 4.99. The van der Waals surface area contributed by atoms with Crippen LogP contribution in [0.3, 0.4) is 0 Å². The molecule has 0 heterocycles. The molecule has 0 bridgehead atoms. The maximum atomic E-state index is 4.99. The van der Waals surface area contributed by atoms with Crippen molar-refractivity contribution in [3.8, 4) is 0 Å². The van der Waals surface area contributed by atoms with E-state index in [-0.39, 0.29) is 58.2 Å². The van der Waals surface area contributed by atoms with Crippen molar-refractivity contribution in [1.29, 1.82) is 0 Å². The van der Waals surface area contributed by atoms with E-state index in [9.17, 15) is 0 Å². The Morgan fingerprint density at radius 2 is 1.46 bits per heavy atom. The maximum Gasteiger partial charge on any atom is 1.00 e. The molecule has 72 valence electrons. The van der Waals surface area contributed by atoms with E-state index in [1.807, 2.05) is 0 Å². The third kappa shape index (κ3) is 10.2. The predicted octanol–water partition coefficient (Wildman–Crippen LogP) is -0.564. The maximum absolute atomic E-state index is 4.99. The van der Waals surface area contributed by atoms with Gasteiger partial charge in [-0.2, -0.15) is 0 Å². The molecule has 0 aliphatic rings. The smallest absolute Gasteiger partial charge is 0.411 e. The molecule has 0 aromatic rings. The van der Waals surface area contributed by atoms with Gasteiger partial charge < -0.3 is 29.7 Å². The molecule has 1 nitrogen and oxygen atoms in total. The van der Waals surface area contributed by atoms with Crippen LogP contribution < -0.4 is 58.2 Å². The second kappa shape index (κ2) is 9.16. The van der Waals surface area contributed by atoms with Crippen molar-refractivity contribution >= 4 is 29.2 Å². The van der Waals surface area contributed by atoms with Gasteiger partial charge >= 0.3 is 58.2 Å². The standard InChI is InChI=1S/C9H19NS2.Rb/c1-7(2)5-10(9(11)12)6-8(3)4;/h7-8H,5-6H2,1-4H3,(H,11,12);/q;+1/p-1. The van der Waals surface area contributed by atoms with Crippen molar-refractivity contribution < 1.29 is 58.2 Å². The first-order valence-electron chi connectivity index (χ1n) is 4.39. The molecule has 4 heteroatoms. The Hall–Kier alpha value is 1.92. The monoisotopic (exact) mass is 289 g/mol. The van der Waals surface area contributed by atoms with Crippen LogP contribution in [0.1, 0.15) is 27.7 Å². The Kier molecular flexibility index (Phi) is 12.2. The summed E-state index contributed by atoms with van der Waals surface area (Å²) in [7, 11) is 0. The summed E-state index contributed by atoms with van der Waals surface area (Å²) >= 11 is 9.99. The summed E-state index contributed by atoms with van der Waals surface area (Å²) in [5.41, 5.74) is 0. The van der Waals surface area contributed by atoms with Gasteiger partial charge in [-0.1, -0.05) is 32.0 Å². The summed E-state index contributed by atoms with van der Waals surface area (Å²) in [6.07, 6.45) is 0. The largest absolute Gasteiger partial charge is 1.00 e. The third-order valence-electron chi connectivity index (χ3n) is 1.43. The van der Waals surface area contributed by atoms with Gasteiger partial charge in [0.1, 0.15) is 0 Å². The van der Waals surface area contributed by atoms with E-state index in [1.165, 1.54) is 0 Å². The van der Waals surface area contributed by atoms with Crippen LogP contribution in [-0.4, -0.2) is 22.3 Å². The van der Waals surface area contributed by atoms with Crippen LogP contribution in [0.2, 0.25) is 0 Å². The number of nitrogens with zero attached hydrogens (tertiary/aromatic N) is 1. The van der Waals surface area contributed by atoms with Gasteiger partial charge in [0.2, 0.25) is 0 Å². The van der Waals surface area contributed by atoms with Gasteiger partial charge in [-0.15, -0.1) is 0 Å². The van der Waals surface area contributed by atoms with Gasteiger partial charge in [0.05, 0.1) is 0 Å². The van der Waals surface area contributed by atoms with Gasteiger partial charge in [-0.05, 0) is 11.8 Å². The van der Waals surface area contributed by atoms with Gasteiger partial charge in [0.25, 0.3) is 0 Å². The molecule has 0 radical (unpaired) electrons. The zero-order valence-corrected chi connectivity index (χ0v) is 15.9. The summed E-state index contributed by atoms with van der Waals surface area (Å²) in [4.78, 5) is 2.11. The number of thiocarbonyl (C=S) groups is 1. The Bertz CT molecular complexity index is 139. The molecule has 0 aliphatic carbocycles. The van der Waals surface area contributed by atoms with Crippen molar-refractivity contribution in [2.45, 2.75) is 27.7 Å². The minimum atomic E-state index is 0. The molecule has 0 unspecified atom stereocenters. The van der Waals surface area contributed by atoms with Crippen LogP contribution >= 0.6 is 12.2 Å². The molecule has 0 aliphatic heterocycles. The van der Waals surface area contributed by atoms with Crippen molar-refractivity contribution in [2.75, 3.05) is 13.1 Å². The minimum Gasteiger partial charge on any atom is -0.411 e. The topological polar surface area (TPSA) is 3.24 Å². The molecule has 13 heavy (non-hydrogen) atoms. The van der Waals surface area contributed by atoms with E-state index < -0.39 is 0 Å². The SMILES string of the molecule is CC(C)CN(CC(C)C)C(=S)[S-].[Rb+]. The second-order valence-electron chi connectivity index (χ2n) is 3.96. The van der Waals surface area contributed by atoms with Crippen LogP contribution in [0.4, 0.5) is 0 Å². The molecular formula is C9H18NRbS2. The fraction of sp³-hybridized carbons (Fsp3) is 0.889. The Balaban J connectivity index is 0. The molecule has 0 atom stereocenters. The van der Waals surface area contributed by atoms with Crippen molar-refractivity contribution in [3.05, 3.63) is 0 Å². The Morgan fingerprint density at radius 1 is 1.15 bits per heavy atom. The van der Waals surface area contributed by atoms with Crippen molar-refractivity contribution in [1.82, 2.24) is 4.90 Å². The summed E-state index contributed by atoms with van der Waals surface area (Å²) in [6.45, 7) is 10.7. The number of hydrogen-bond donors (Lipinski definition) is 0. The average molecular weight is 290 g/mol.